The van der Waals surface area contributed by atoms with Gasteiger partial charge in [0.25, 0.3) is 5.91 Å². The molecule has 5 nitrogen and oxygen atoms in total. The number of carbonyl (C=O) groups is 1. The van der Waals surface area contributed by atoms with Crippen molar-refractivity contribution < 1.29 is 13.2 Å². The number of amides is 1. The van der Waals surface area contributed by atoms with Crippen molar-refractivity contribution in [3.05, 3.63) is 56.6 Å². The third kappa shape index (κ3) is 4.72. The monoisotopic (exact) mass is 492 g/mol. The van der Waals surface area contributed by atoms with Gasteiger partial charge in [-0.2, -0.15) is 4.31 Å². The van der Waals surface area contributed by atoms with Gasteiger partial charge in [-0.3, -0.25) is 4.79 Å². The lowest BCUT2D eigenvalue weighted by Crippen LogP contribution is -2.31. The molecule has 8 heteroatoms. The summed E-state index contributed by atoms with van der Waals surface area (Å²) in [6, 6.07) is 11.6. The highest BCUT2D eigenvalue weighted by Crippen LogP contribution is 2.26. The minimum absolute atomic E-state index is 0.0619. The van der Waals surface area contributed by atoms with E-state index in [0.29, 0.717) is 18.8 Å². The molecule has 0 aromatic heterocycles. The van der Waals surface area contributed by atoms with Gasteiger partial charge in [-0.1, -0.05) is 25.4 Å². The molecule has 0 bridgehead atoms. The third-order valence-corrected chi connectivity index (χ3v) is 6.87. The fourth-order valence-corrected chi connectivity index (χ4v) is 4.60. The van der Waals surface area contributed by atoms with Crippen LogP contribution in [0.25, 0.3) is 0 Å². The van der Waals surface area contributed by atoms with E-state index in [9.17, 15) is 13.2 Å². The van der Waals surface area contributed by atoms with Gasteiger partial charge in [-0.15, -0.1) is 0 Å². The number of hydrogen-bond donors (Lipinski definition) is 1. The largest absolute Gasteiger partial charge is 0.322 e. The number of sulfonamides is 1. The van der Waals surface area contributed by atoms with Crippen molar-refractivity contribution in [1.29, 1.82) is 0 Å². The zero-order chi connectivity index (χ0) is 18.6. The lowest BCUT2D eigenvalue weighted by atomic mass is 10.2. The van der Waals surface area contributed by atoms with Gasteiger partial charge < -0.3 is 5.32 Å². The Morgan fingerprint density at radius 2 is 1.72 bits per heavy atom. The van der Waals surface area contributed by atoms with Crippen molar-refractivity contribution >= 4 is 55.8 Å². The molecule has 0 radical (unpaired) electrons. The third-order valence-electron chi connectivity index (χ3n) is 3.62. The molecule has 134 valence electrons. The summed E-state index contributed by atoms with van der Waals surface area (Å²) in [4.78, 5) is 12.4. The second-order valence-electron chi connectivity index (χ2n) is 5.20. The smallest absolute Gasteiger partial charge is 0.255 e. The Morgan fingerprint density at radius 3 is 2.28 bits per heavy atom. The Bertz CT molecular complexity index is 866. The zero-order valence-corrected chi connectivity index (χ0v) is 17.5. The van der Waals surface area contributed by atoms with Crippen LogP contribution >= 0.6 is 34.2 Å². The fourth-order valence-electron chi connectivity index (χ4n) is 2.28. The van der Waals surface area contributed by atoms with Crippen LogP contribution in [0, 0.1) is 3.57 Å². The zero-order valence-electron chi connectivity index (χ0n) is 13.8. The van der Waals surface area contributed by atoms with Gasteiger partial charge in [0.05, 0.1) is 5.02 Å². The van der Waals surface area contributed by atoms with Crippen molar-refractivity contribution in [2.24, 2.45) is 0 Å². The van der Waals surface area contributed by atoms with Gasteiger partial charge in [0, 0.05) is 27.9 Å². The van der Waals surface area contributed by atoms with E-state index < -0.39 is 15.9 Å². The lowest BCUT2D eigenvalue weighted by Gasteiger charge is -2.19. The standard InChI is InChI=1S/C17H18ClIN2O3S/c1-3-21(4-2)25(23,24)16-11-12(5-10-15(16)18)17(22)20-14-8-6-13(19)7-9-14/h5-11H,3-4H2,1-2H3,(H,20,22). The summed E-state index contributed by atoms with van der Waals surface area (Å²) >= 11 is 8.26. The molecule has 2 rings (SSSR count). The summed E-state index contributed by atoms with van der Waals surface area (Å²) in [7, 11) is -3.75. The summed E-state index contributed by atoms with van der Waals surface area (Å²) in [5.74, 6) is -0.395. The number of benzene rings is 2. The molecule has 1 amide bonds. The molecule has 0 atom stereocenters. The Hall–Kier alpha value is -1.16. The molecule has 0 saturated heterocycles. The Labute approximate surface area is 166 Å². The number of carbonyl (C=O) groups excluding carboxylic acids is 1. The highest BCUT2D eigenvalue weighted by atomic mass is 127. The van der Waals surface area contributed by atoms with Crippen molar-refractivity contribution in [1.82, 2.24) is 4.31 Å². The summed E-state index contributed by atoms with van der Waals surface area (Å²) in [6.45, 7) is 4.16. The molecule has 0 aliphatic carbocycles. The van der Waals surface area contributed by atoms with Crippen LogP contribution in [-0.2, 0) is 10.0 Å². The fraction of sp³-hybridized carbons (Fsp3) is 0.235. The van der Waals surface area contributed by atoms with Crippen molar-refractivity contribution in [2.75, 3.05) is 18.4 Å². The van der Waals surface area contributed by atoms with Crippen LogP contribution in [0.1, 0.15) is 24.2 Å². The maximum atomic E-state index is 12.7. The summed E-state index contributed by atoms with van der Waals surface area (Å²) < 4.78 is 27.7. The van der Waals surface area contributed by atoms with Gasteiger partial charge in [0.2, 0.25) is 10.0 Å². The molecule has 0 aliphatic rings. The second kappa shape index (κ2) is 8.48. The molecule has 0 heterocycles. The van der Waals surface area contributed by atoms with Gasteiger partial charge >= 0.3 is 0 Å². The van der Waals surface area contributed by atoms with Crippen molar-refractivity contribution in [3.8, 4) is 0 Å². The van der Waals surface area contributed by atoms with Crippen LogP contribution in [-0.4, -0.2) is 31.7 Å². The summed E-state index contributed by atoms with van der Waals surface area (Å²) in [6.07, 6.45) is 0. The SMILES string of the molecule is CCN(CC)S(=O)(=O)c1cc(C(=O)Nc2ccc(I)cc2)ccc1Cl. The van der Waals surface area contributed by atoms with Crippen LogP contribution in [0.5, 0.6) is 0 Å². The molecule has 0 saturated carbocycles. The predicted octanol–water partition coefficient (Wildman–Crippen LogP) is 4.23. The Kier molecular flexibility index (Phi) is 6.84. The van der Waals surface area contributed by atoms with E-state index in [1.807, 2.05) is 12.1 Å². The number of anilines is 1. The number of hydrogen-bond acceptors (Lipinski definition) is 3. The summed E-state index contributed by atoms with van der Waals surface area (Å²) in [5, 5.41) is 2.84. The number of halogens is 2. The first-order valence-corrected chi connectivity index (χ1v) is 10.6. The normalized spacial score (nSPS) is 11.6. The van der Waals surface area contributed by atoms with Crippen LogP contribution in [0.2, 0.25) is 5.02 Å². The van der Waals surface area contributed by atoms with Crippen LogP contribution in [0.3, 0.4) is 0 Å². The molecule has 0 aliphatic heterocycles. The number of nitrogens with zero attached hydrogens (tertiary/aromatic N) is 1. The van der Waals surface area contributed by atoms with Crippen molar-refractivity contribution in [2.45, 2.75) is 18.7 Å². The van der Waals surface area contributed by atoms with E-state index in [4.69, 9.17) is 11.6 Å². The molecule has 0 unspecified atom stereocenters. The molecule has 2 aromatic rings. The maximum absolute atomic E-state index is 12.7. The van der Waals surface area contributed by atoms with E-state index in [-0.39, 0.29) is 15.5 Å². The van der Waals surface area contributed by atoms with Gasteiger partial charge in [0.15, 0.2) is 0 Å². The second-order valence-corrected chi connectivity index (χ2v) is 8.75. The number of nitrogens with one attached hydrogen (secondary N) is 1. The first-order valence-electron chi connectivity index (χ1n) is 7.66. The van der Waals surface area contributed by atoms with Crippen LogP contribution in [0.4, 0.5) is 5.69 Å². The Balaban J connectivity index is 2.35. The van der Waals surface area contributed by atoms with Gasteiger partial charge in [-0.25, -0.2) is 8.42 Å². The first kappa shape index (κ1) is 20.2. The minimum atomic E-state index is -3.75. The number of rotatable bonds is 6. The van der Waals surface area contributed by atoms with Crippen LogP contribution < -0.4 is 5.32 Å². The molecule has 0 fully saturated rings. The Morgan fingerprint density at radius 1 is 1.12 bits per heavy atom. The van der Waals surface area contributed by atoms with Gasteiger partial charge in [-0.05, 0) is 65.1 Å². The average Bonchev–Trinajstić information content (AvgIpc) is 2.58. The van der Waals surface area contributed by atoms with E-state index >= 15 is 0 Å². The summed E-state index contributed by atoms with van der Waals surface area (Å²) in [5.41, 5.74) is 0.863. The van der Waals surface area contributed by atoms with Crippen molar-refractivity contribution in [3.63, 3.8) is 0 Å². The van der Waals surface area contributed by atoms with E-state index in [2.05, 4.69) is 27.9 Å². The predicted molar refractivity (Wildman–Crippen MR) is 109 cm³/mol. The quantitative estimate of drug-likeness (QED) is 0.614. The maximum Gasteiger partial charge on any atom is 0.255 e. The lowest BCUT2D eigenvalue weighted by molar-refractivity contribution is 0.102. The van der Waals surface area contributed by atoms with E-state index in [1.54, 1.807) is 26.0 Å². The highest BCUT2D eigenvalue weighted by molar-refractivity contribution is 14.1. The molecular formula is C17H18ClIN2O3S. The van der Waals surface area contributed by atoms with E-state index in [0.717, 1.165) is 3.57 Å². The topological polar surface area (TPSA) is 66.5 Å². The first-order chi connectivity index (χ1) is 11.8. The van der Waals surface area contributed by atoms with E-state index in [1.165, 1.54) is 22.5 Å². The molecule has 1 N–H and O–H groups in total. The molecular weight excluding hydrogens is 475 g/mol. The molecule has 0 spiro atoms. The van der Waals surface area contributed by atoms with Gasteiger partial charge in [0.1, 0.15) is 4.90 Å². The minimum Gasteiger partial charge on any atom is -0.322 e. The highest BCUT2D eigenvalue weighted by Gasteiger charge is 2.25. The molecule has 2 aromatic carbocycles. The van der Waals surface area contributed by atoms with Crippen LogP contribution in [0.15, 0.2) is 47.4 Å². The average molecular weight is 493 g/mol. The molecule has 25 heavy (non-hydrogen) atoms.